The summed E-state index contributed by atoms with van der Waals surface area (Å²) in [6, 6.07) is 0. The van der Waals surface area contributed by atoms with Crippen molar-refractivity contribution in [3.63, 3.8) is 0 Å². The Morgan fingerprint density at radius 2 is 2.07 bits per heavy atom. The summed E-state index contributed by atoms with van der Waals surface area (Å²) in [5.41, 5.74) is 0.592. The number of rotatable bonds is 6. The average molecular weight is 210 g/mol. The first kappa shape index (κ1) is 12.0. The number of ether oxygens (including phenoxy) is 2. The Morgan fingerprint density at radius 3 is 2.67 bits per heavy atom. The van der Waals surface area contributed by atoms with Crippen LogP contribution in [0.3, 0.4) is 0 Å². The molecule has 0 spiro atoms. The first-order valence-corrected chi connectivity index (χ1v) is 5.30. The molecule has 0 N–H and O–H groups in total. The fourth-order valence-corrected chi connectivity index (χ4v) is 1.76. The van der Waals surface area contributed by atoms with Crippen LogP contribution in [0.15, 0.2) is 24.8 Å². The molecule has 0 aromatic heterocycles. The minimum Gasteiger partial charge on any atom is -0.435 e. The molecule has 0 radical (unpaired) electrons. The number of hydrogen-bond acceptors (Lipinski definition) is 3. The summed E-state index contributed by atoms with van der Waals surface area (Å²) in [5.74, 6) is -0.0112. The van der Waals surface area contributed by atoms with Crippen LogP contribution in [0.25, 0.3) is 0 Å². The monoisotopic (exact) mass is 210 g/mol. The van der Waals surface area contributed by atoms with Gasteiger partial charge in [-0.25, -0.2) is 4.79 Å². The Kier molecular flexibility index (Phi) is 5.12. The number of carbonyl (C=O) groups is 1. The molecule has 0 amide bonds. The molecule has 0 aromatic rings. The summed E-state index contributed by atoms with van der Waals surface area (Å²) in [6.45, 7) is 7.65. The van der Waals surface area contributed by atoms with Crippen LogP contribution in [0.5, 0.6) is 0 Å². The summed E-state index contributed by atoms with van der Waals surface area (Å²) in [4.78, 5) is 11.5. The largest absolute Gasteiger partial charge is 0.435 e. The second-order valence-electron chi connectivity index (χ2n) is 3.72. The third-order valence-corrected chi connectivity index (χ3v) is 2.62. The average Bonchev–Trinajstić information content (AvgIpc) is 2.76. The topological polar surface area (TPSA) is 35.5 Å². The van der Waals surface area contributed by atoms with Gasteiger partial charge in [0.1, 0.15) is 0 Å². The fourth-order valence-electron chi connectivity index (χ4n) is 1.76. The molecular weight excluding hydrogens is 192 g/mol. The van der Waals surface area contributed by atoms with Crippen LogP contribution < -0.4 is 0 Å². The lowest BCUT2D eigenvalue weighted by molar-refractivity contribution is -0.151. The second-order valence-corrected chi connectivity index (χ2v) is 3.72. The van der Waals surface area contributed by atoms with Gasteiger partial charge < -0.3 is 9.47 Å². The normalized spacial score (nSPS) is 16.3. The van der Waals surface area contributed by atoms with E-state index in [0.717, 1.165) is 12.8 Å². The zero-order chi connectivity index (χ0) is 11.1. The van der Waals surface area contributed by atoms with Gasteiger partial charge in [-0.15, -0.1) is 6.58 Å². The highest BCUT2D eigenvalue weighted by Crippen LogP contribution is 2.30. The first-order chi connectivity index (χ1) is 7.25. The lowest BCUT2D eigenvalue weighted by Gasteiger charge is -2.11. The van der Waals surface area contributed by atoms with Crippen LogP contribution in [0.2, 0.25) is 0 Å². The zero-order valence-electron chi connectivity index (χ0n) is 9.04. The van der Waals surface area contributed by atoms with Gasteiger partial charge in [0, 0.05) is 5.57 Å². The van der Waals surface area contributed by atoms with Gasteiger partial charge in [0.15, 0.2) is 6.79 Å². The van der Waals surface area contributed by atoms with Gasteiger partial charge in [0.25, 0.3) is 0 Å². The molecule has 1 aliphatic rings. The molecule has 0 atom stereocenters. The fraction of sp³-hybridized carbons (Fsp3) is 0.583. The van der Waals surface area contributed by atoms with Crippen LogP contribution in [0.4, 0.5) is 0 Å². The molecule has 0 aromatic carbocycles. The van der Waals surface area contributed by atoms with E-state index in [1.807, 2.05) is 0 Å². The van der Waals surface area contributed by atoms with Crippen molar-refractivity contribution in [2.45, 2.75) is 25.7 Å². The lowest BCUT2D eigenvalue weighted by atomic mass is 9.99. The maximum Gasteiger partial charge on any atom is 0.335 e. The quantitative estimate of drug-likeness (QED) is 0.222. The summed E-state index contributed by atoms with van der Waals surface area (Å²) in [7, 11) is 0. The second kappa shape index (κ2) is 6.40. The summed E-state index contributed by atoms with van der Waals surface area (Å²) in [5, 5.41) is 0. The number of carbonyl (C=O) groups excluding carboxylic acids is 1. The summed E-state index contributed by atoms with van der Waals surface area (Å²) in [6.07, 6.45) is 6.09. The highest BCUT2D eigenvalue weighted by Gasteiger charge is 2.23. The molecule has 84 valence electrons. The smallest absolute Gasteiger partial charge is 0.335 e. The standard InChI is InChI=1S/C12H18O3/c1-3-8-14-9-15-12(13)10(2)11-6-4-5-7-11/h3,11H,1-2,4-9H2. The molecule has 3 heteroatoms. The van der Waals surface area contributed by atoms with Gasteiger partial charge in [-0.2, -0.15) is 0 Å². The van der Waals surface area contributed by atoms with E-state index in [4.69, 9.17) is 9.47 Å². The van der Waals surface area contributed by atoms with Gasteiger partial charge >= 0.3 is 5.97 Å². The highest BCUT2D eigenvalue weighted by atomic mass is 16.7. The van der Waals surface area contributed by atoms with Crippen LogP contribution in [-0.4, -0.2) is 19.4 Å². The van der Waals surface area contributed by atoms with Gasteiger partial charge in [-0.1, -0.05) is 25.5 Å². The van der Waals surface area contributed by atoms with Crippen LogP contribution in [-0.2, 0) is 14.3 Å². The van der Waals surface area contributed by atoms with Crippen molar-refractivity contribution in [1.29, 1.82) is 0 Å². The Hall–Kier alpha value is -1.09. The summed E-state index contributed by atoms with van der Waals surface area (Å²) >= 11 is 0. The molecule has 1 fully saturated rings. The lowest BCUT2D eigenvalue weighted by Crippen LogP contribution is -2.15. The molecule has 0 aliphatic heterocycles. The molecule has 0 bridgehead atoms. The molecule has 15 heavy (non-hydrogen) atoms. The Balaban J connectivity index is 2.20. The van der Waals surface area contributed by atoms with Crippen molar-refractivity contribution >= 4 is 5.97 Å². The van der Waals surface area contributed by atoms with Crippen molar-refractivity contribution in [1.82, 2.24) is 0 Å². The predicted molar refractivity (Wildman–Crippen MR) is 58.2 cm³/mol. The molecule has 1 rings (SSSR count). The minimum atomic E-state index is -0.328. The Labute approximate surface area is 90.8 Å². The van der Waals surface area contributed by atoms with Gasteiger partial charge in [0.2, 0.25) is 0 Å². The Morgan fingerprint density at radius 1 is 1.40 bits per heavy atom. The van der Waals surface area contributed by atoms with Crippen molar-refractivity contribution in [3.8, 4) is 0 Å². The summed E-state index contributed by atoms with van der Waals surface area (Å²) < 4.78 is 9.87. The molecule has 0 saturated heterocycles. The SMILES string of the molecule is C=CCOCOC(=O)C(=C)C1CCCC1. The van der Waals surface area contributed by atoms with Crippen LogP contribution in [0, 0.1) is 5.92 Å². The van der Waals surface area contributed by atoms with E-state index in [9.17, 15) is 4.79 Å². The molecule has 0 heterocycles. The van der Waals surface area contributed by atoms with Crippen molar-refractivity contribution in [3.05, 3.63) is 24.8 Å². The third-order valence-electron chi connectivity index (χ3n) is 2.62. The minimum absolute atomic E-state index is 0.0173. The van der Waals surface area contributed by atoms with E-state index in [1.54, 1.807) is 6.08 Å². The number of esters is 1. The molecule has 3 nitrogen and oxygen atoms in total. The Bertz CT molecular complexity index is 239. The predicted octanol–water partition coefficient (Wildman–Crippen LogP) is 2.44. The molecule has 1 saturated carbocycles. The van der Waals surface area contributed by atoms with Crippen molar-refractivity contribution in [2.24, 2.45) is 5.92 Å². The van der Waals surface area contributed by atoms with Crippen LogP contribution in [0.1, 0.15) is 25.7 Å². The maximum atomic E-state index is 11.5. The van der Waals surface area contributed by atoms with E-state index < -0.39 is 0 Å². The zero-order valence-corrected chi connectivity index (χ0v) is 9.04. The third kappa shape index (κ3) is 3.88. The maximum absolute atomic E-state index is 11.5. The van der Waals surface area contributed by atoms with Gasteiger partial charge in [0.05, 0.1) is 6.61 Å². The van der Waals surface area contributed by atoms with Crippen molar-refractivity contribution in [2.75, 3.05) is 13.4 Å². The van der Waals surface area contributed by atoms with E-state index >= 15 is 0 Å². The molecular formula is C12H18O3. The highest BCUT2D eigenvalue weighted by molar-refractivity contribution is 5.88. The van der Waals surface area contributed by atoms with Gasteiger partial charge in [-0.3, -0.25) is 0 Å². The van der Waals surface area contributed by atoms with E-state index in [1.165, 1.54) is 12.8 Å². The first-order valence-electron chi connectivity index (χ1n) is 5.30. The van der Waals surface area contributed by atoms with Gasteiger partial charge in [-0.05, 0) is 18.8 Å². The van der Waals surface area contributed by atoms with Crippen molar-refractivity contribution < 1.29 is 14.3 Å². The molecule has 1 aliphatic carbocycles. The van der Waals surface area contributed by atoms with E-state index in [0.29, 0.717) is 18.1 Å². The van der Waals surface area contributed by atoms with Crippen LogP contribution >= 0.6 is 0 Å². The number of hydrogen-bond donors (Lipinski definition) is 0. The molecule has 0 unspecified atom stereocenters. The van der Waals surface area contributed by atoms with E-state index in [2.05, 4.69) is 13.2 Å². The van der Waals surface area contributed by atoms with E-state index in [-0.39, 0.29) is 12.8 Å².